The van der Waals surface area contributed by atoms with Gasteiger partial charge in [0.05, 0.1) is 11.3 Å². The maximum Gasteiger partial charge on any atom is 0.405 e. The molecule has 0 spiro atoms. The van der Waals surface area contributed by atoms with E-state index in [9.17, 15) is 31.2 Å². The molecule has 2 rings (SSSR count). The third-order valence-electron chi connectivity index (χ3n) is 4.42. The van der Waals surface area contributed by atoms with Crippen LogP contribution in [0.3, 0.4) is 0 Å². The largest absolute Gasteiger partial charge is 0.405 e. The average Bonchev–Trinajstić information content (AvgIpc) is 3.09. The van der Waals surface area contributed by atoms with E-state index >= 15 is 0 Å². The van der Waals surface area contributed by atoms with Crippen LogP contribution in [0.15, 0.2) is 41.4 Å². The highest BCUT2D eigenvalue weighted by atomic mass is 32.2. The first-order valence-corrected chi connectivity index (χ1v) is 10.8. The molecular weight excluding hydrogens is 437 g/mol. The standard InChI is InChI=1S/C19H23F3N4O4S/c1-4-26(5-2)31(29,30)13-10-16(25(3)11-13)18(28)24-15-9-7-6-8-14(15)17(27)23-12-19(20,21)22/h6-11H,4-5,12H2,1-3H3,(H,23,27)(H,24,28). The Morgan fingerprint density at radius 2 is 1.71 bits per heavy atom. The van der Waals surface area contributed by atoms with E-state index in [4.69, 9.17) is 0 Å². The van der Waals surface area contributed by atoms with Gasteiger partial charge in [0.25, 0.3) is 11.8 Å². The number of rotatable bonds is 8. The number of anilines is 1. The van der Waals surface area contributed by atoms with E-state index in [1.807, 2.05) is 0 Å². The third-order valence-corrected chi connectivity index (χ3v) is 6.44. The van der Waals surface area contributed by atoms with E-state index in [0.717, 1.165) is 0 Å². The van der Waals surface area contributed by atoms with E-state index < -0.39 is 34.6 Å². The fraction of sp³-hybridized carbons (Fsp3) is 0.368. The van der Waals surface area contributed by atoms with Crippen LogP contribution in [0, 0.1) is 0 Å². The summed E-state index contributed by atoms with van der Waals surface area (Å²) in [5.41, 5.74) is -0.178. The Balaban J connectivity index is 2.28. The topological polar surface area (TPSA) is 101 Å². The van der Waals surface area contributed by atoms with Crippen LogP contribution < -0.4 is 10.6 Å². The molecule has 0 aliphatic heterocycles. The number of aryl methyl sites for hydroxylation is 1. The van der Waals surface area contributed by atoms with Crippen molar-refractivity contribution < 1.29 is 31.2 Å². The number of alkyl halides is 3. The number of hydrogen-bond acceptors (Lipinski definition) is 4. The van der Waals surface area contributed by atoms with Crippen molar-refractivity contribution in [2.75, 3.05) is 25.0 Å². The van der Waals surface area contributed by atoms with Gasteiger partial charge in [-0.2, -0.15) is 17.5 Å². The predicted molar refractivity (Wildman–Crippen MR) is 108 cm³/mol. The minimum Gasteiger partial charge on any atom is -0.345 e. The number of hydrogen-bond donors (Lipinski definition) is 2. The first-order valence-electron chi connectivity index (χ1n) is 9.32. The molecule has 0 aliphatic carbocycles. The van der Waals surface area contributed by atoms with Crippen LogP contribution in [0.25, 0.3) is 0 Å². The summed E-state index contributed by atoms with van der Waals surface area (Å²) in [6.07, 6.45) is -3.28. The zero-order chi connectivity index (χ0) is 23.4. The second-order valence-electron chi connectivity index (χ2n) is 6.56. The summed E-state index contributed by atoms with van der Waals surface area (Å²) in [7, 11) is -2.31. The number of sulfonamides is 1. The van der Waals surface area contributed by atoms with Gasteiger partial charge in [-0.1, -0.05) is 26.0 Å². The van der Waals surface area contributed by atoms with Crippen molar-refractivity contribution in [3.05, 3.63) is 47.8 Å². The SMILES string of the molecule is CCN(CC)S(=O)(=O)c1cc(C(=O)Nc2ccccc2C(=O)NCC(F)(F)F)n(C)c1. The molecule has 2 N–H and O–H groups in total. The molecule has 0 saturated carbocycles. The maximum atomic E-state index is 12.7. The van der Waals surface area contributed by atoms with Crippen LogP contribution in [0.2, 0.25) is 0 Å². The zero-order valence-electron chi connectivity index (χ0n) is 17.2. The van der Waals surface area contributed by atoms with Crippen LogP contribution in [0.1, 0.15) is 34.7 Å². The van der Waals surface area contributed by atoms with Gasteiger partial charge in [-0.3, -0.25) is 9.59 Å². The molecule has 1 heterocycles. The highest BCUT2D eigenvalue weighted by Crippen LogP contribution is 2.21. The van der Waals surface area contributed by atoms with Crippen LogP contribution in [-0.2, 0) is 17.1 Å². The fourth-order valence-electron chi connectivity index (χ4n) is 2.87. The monoisotopic (exact) mass is 460 g/mol. The normalized spacial score (nSPS) is 12.1. The molecule has 170 valence electrons. The minimum absolute atomic E-state index is 0.00349. The molecule has 2 aromatic rings. The Labute approximate surface area is 178 Å². The zero-order valence-corrected chi connectivity index (χ0v) is 18.0. The van der Waals surface area contributed by atoms with Gasteiger partial charge in [0.1, 0.15) is 17.1 Å². The molecule has 0 radical (unpaired) electrons. The lowest BCUT2D eigenvalue weighted by atomic mass is 10.1. The Morgan fingerprint density at radius 1 is 1.10 bits per heavy atom. The molecule has 0 aliphatic rings. The van der Waals surface area contributed by atoms with Crippen LogP contribution in [0.4, 0.5) is 18.9 Å². The van der Waals surface area contributed by atoms with Gasteiger partial charge in [0, 0.05) is 26.3 Å². The van der Waals surface area contributed by atoms with Gasteiger partial charge in [-0.05, 0) is 18.2 Å². The summed E-state index contributed by atoms with van der Waals surface area (Å²) in [5.74, 6) is -1.73. The Morgan fingerprint density at radius 3 is 2.29 bits per heavy atom. The molecule has 0 atom stereocenters. The molecule has 0 unspecified atom stereocenters. The lowest BCUT2D eigenvalue weighted by Crippen LogP contribution is -2.34. The van der Waals surface area contributed by atoms with Crippen LogP contribution in [0.5, 0.6) is 0 Å². The highest BCUT2D eigenvalue weighted by molar-refractivity contribution is 7.89. The molecule has 12 heteroatoms. The van der Waals surface area contributed by atoms with Gasteiger partial charge in [0.15, 0.2) is 0 Å². The number of para-hydroxylation sites is 1. The number of benzene rings is 1. The van der Waals surface area contributed by atoms with Crippen molar-refractivity contribution in [2.24, 2.45) is 7.05 Å². The maximum absolute atomic E-state index is 12.7. The lowest BCUT2D eigenvalue weighted by Gasteiger charge is -2.17. The lowest BCUT2D eigenvalue weighted by molar-refractivity contribution is -0.123. The van der Waals surface area contributed by atoms with Crippen molar-refractivity contribution >= 4 is 27.5 Å². The molecule has 8 nitrogen and oxygen atoms in total. The Bertz CT molecular complexity index is 1060. The summed E-state index contributed by atoms with van der Waals surface area (Å²) in [6.45, 7) is 2.39. The number of nitrogens with one attached hydrogen (secondary N) is 2. The predicted octanol–water partition coefficient (Wildman–Crippen LogP) is 2.60. The number of nitrogens with zero attached hydrogens (tertiary/aromatic N) is 2. The highest BCUT2D eigenvalue weighted by Gasteiger charge is 2.29. The quantitative estimate of drug-likeness (QED) is 0.632. The van der Waals surface area contributed by atoms with Gasteiger partial charge in [0.2, 0.25) is 10.0 Å². The van der Waals surface area contributed by atoms with Gasteiger partial charge in [-0.25, -0.2) is 8.42 Å². The van der Waals surface area contributed by atoms with E-state index in [2.05, 4.69) is 5.32 Å². The molecule has 1 aromatic heterocycles. The second kappa shape index (κ2) is 9.52. The van der Waals surface area contributed by atoms with E-state index in [1.165, 1.54) is 52.4 Å². The van der Waals surface area contributed by atoms with Crippen molar-refractivity contribution in [3.8, 4) is 0 Å². The van der Waals surface area contributed by atoms with E-state index in [-0.39, 0.29) is 34.9 Å². The van der Waals surface area contributed by atoms with Crippen molar-refractivity contribution in [1.29, 1.82) is 0 Å². The van der Waals surface area contributed by atoms with Crippen LogP contribution >= 0.6 is 0 Å². The molecule has 0 saturated heterocycles. The Kier molecular flexibility index (Phi) is 7.49. The van der Waals surface area contributed by atoms with Crippen molar-refractivity contribution in [2.45, 2.75) is 24.9 Å². The first-order chi connectivity index (χ1) is 14.4. The van der Waals surface area contributed by atoms with E-state index in [1.54, 1.807) is 19.2 Å². The first kappa shape index (κ1) is 24.4. The third kappa shape index (κ3) is 5.85. The number of aromatic nitrogens is 1. The van der Waals surface area contributed by atoms with Gasteiger partial charge < -0.3 is 15.2 Å². The van der Waals surface area contributed by atoms with Gasteiger partial charge in [-0.15, -0.1) is 0 Å². The van der Waals surface area contributed by atoms with Gasteiger partial charge >= 0.3 is 6.18 Å². The van der Waals surface area contributed by atoms with Crippen molar-refractivity contribution in [1.82, 2.24) is 14.2 Å². The minimum atomic E-state index is -4.58. The number of amides is 2. The molecular formula is C19H23F3N4O4S. The number of carbonyl (C=O) groups is 2. The Hall–Kier alpha value is -2.86. The van der Waals surface area contributed by atoms with Crippen molar-refractivity contribution in [3.63, 3.8) is 0 Å². The molecule has 0 fully saturated rings. The van der Waals surface area contributed by atoms with E-state index in [0.29, 0.717) is 0 Å². The summed E-state index contributed by atoms with van der Waals surface area (Å²) in [5, 5.41) is 4.21. The van der Waals surface area contributed by atoms with Crippen LogP contribution in [-0.4, -0.2) is 54.9 Å². The summed E-state index contributed by atoms with van der Waals surface area (Å²) in [4.78, 5) is 24.8. The molecule has 1 aromatic carbocycles. The fourth-order valence-corrected chi connectivity index (χ4v) is 4.40. The smallest absolute Gasteiger partial charge is 0.345 e. The molecule has 31 heavy (non-hydrogen) atoms. The average molecular weight is 460 g/mol. The summed E-state index contributed by atoms with van der Waals surface area (Å²) in [6, 6.07) is 6.77. The second-order valence-corrected chi connectivity index (χ2v) is 8.50. The summed E-state index contributed by atoms with van der Waals surface area (Å²) < 4.78 is 65.0. The molecule has 0 bridgehead atoms. The number of carbonyl (C=O) groups excluding carboxylic acids is 2. The summed E-state index contributed by atoms with van der Waals surface area (Å²) >= 11 is 0. The number of halogens is 3. The molecule has 2 amide bonds.